The second-order valence-corrected chi connectivity index (χ2v) is 7.37. The maximum Gasteiger partial charge on any atom is 0.280 e. The molecule has 2 aromatic rings. The fraction of sp³-hybridized carbons (Fsp3) is 0.562. The molecule has 1 amide bonds. The van der Waals surface area contributed by atoms with E-state index in [1.54, 1.807) is 10.9 Å². The van der Waals surface area contributed by atoms with Crippen LogP contribution in [0.1, 0.15) is 59.7 Å². The maximum atomic E-state index is 12.5. The summed E-state index contributed by atoms with van der Waals surface area (Å²) in [6, 6.07) is -0.133. The lowest BCUT2D eigenvalue weighted by molar-refractivity contribution is 0.0235. The summed E-state index contributed by atoms with van der Waals surface area (Å²) < 4.78 is 1.73. The van der Waals surface area contributed by atoms with Gasteiger partial charge in [0.25, 0.3) is 5.91 Å². The zero-order valence-electron chi connectivity index (χ0n) is 13.6. The average Bonchev–Trinajstić information content (AvgIpc) is 3.10. The molecular formula is C16H22N4O2S. The molecule has 1 fully saturated rings. The Labute approximate surface area is 139 Å². The number of nitrogens with zero attached hydrogens (tertiary/aromatic N) is 3. The highest BCUT2D eigenvalue weighted by molar-refractivity contribution is 7.11. The Morgan fingerprint density at radius 2 is 2.22 bits per heavy atom. The Balaban J connectivity index is 1.76. The zero-order chi connectivity index (χ0) is 16.6. The topological polar surface area (TPSA) is 80.0 Å². The summed E-state index contributed by atoms with van der Waals surface area (Å²) in [7, 11) is 1.85. The van der Waals surface area contributed by atoms with Crippen LogP contribution in [-0.2, 0) is 7.05 Å². The summed E-state index contributed by atoms with van der Waals surface area (Å²) in [5, 5.41) is 19.3. The van der Waals surface area contributed by atoms with Gasteiger partial charge in [-0.25, -0.2) is 4.98 Å². The summed E-state index contributed by atoms with van der Waals surface area (Å²) >= 11 is 1.37. The van der Waals surface area contributed by atoms with Gasteiger partial charge in [0.2, 0.25) is 0 Å². The fourth-order valence-electron chi connectivity index (χ4n) is 2.83. The van der Waals surface area contributed by atoms with E-state index < -0.39 is 0 Å². The number of thiazole rings is 1. The average molecular weight is 334 g/mol. The van der Waals surface area contributed by atoms with Crippen LogP contribution in [0.4, 0.5) is 0 Å². The first kappa shape index (κ1) is 16.1. The highest BCUT2D eigenvalue weighted by Crippen LogP contribution is 2.38. The molecule has 0 bridgehead atoms. The van der Waals surface area contributed by atoms with E-state index in [2.05, 4.69) is 29.2 Å². The molecular weight excluding hydrogens is 312 g/mol. The van der Waals surface area contributed by atoms with Crippen molar-refractivity contribution in [2.45, 2.75) is 44.8 Å². The Morgan fingerprint density at radius 3 is 2.74 bits per heavy atom. The first-order chi connectivity index (χ1) is 10.9. The molecule has 23 heavy (non-hydrogen) atoms. The largest absolute Gasteiger partial charge is 0.393 e. The number of amides is 1. The predicted octanol–water partition coefficient (Wildman–Crippen LogP) is 2.24. The number of carbonyl (C=O) groups excluding carboxylic acids is 1. The Morgan fingerprint density at radius 1 is 1.48 bits per heavy atom. The number of aryl methyl sites for hydroxylation is 1. The first-order valence-electron chi connectivity index (χ1n) is 7.87. The van der Waals surface area contributed by atoms with Gasteiger partial charge in [0.05, 0.1) is 24.0 Å². The van der Waals surface area contributed by atoms with Crippen molar-refractivity contribution in [3.63, 3.8) is 0 Å². The molecule has 0 aliphatic heterocycles. The standard InChI is InChI=1S/C16H22N4O2S/c1-9(2)13-8-23-16(18-13)15(22)19-14(10-4-12(21)5-10)11-6-17-20(3)7-11/h6-10,12,14,21H,4-5H2,1-3H3,(H,19,22). The van der Waals surface area contributed by atoms with Crippen molar-refractivity contribution < 1.29 is 9.90 Å². The van der Waals surface area contributed by atoms with Crippen LogP contribution in [0.2, 0.25) is 0 Å². The molecule has 0 radical (unpaired) electrons. The SMILES string of the molecule is CC(C)c1csc(C(=O)NC(c2cnn(C)c2)C2CC(O)C2)n1. The molecule has 6 nitrogen and oxygen atoms in total. The number of aromatic nitrogens is 3. The molecule has 0 aromatic carbocycles. The van der Waals surface area contributed by atoms with Crippen molar-refractivity contribution in [3.8, 4) is 0 Å². The van der Waals surface area contributed by atoms with E-state index >= 15 is 0 Å². The number of nitrogens with one attached hydrogen (secondary N) is 1. The lowest BCUT2D eigenvalue weighted by Gasteiger charge is -2.37. The normalized spacial score (nSPS) is 22.0. The lowest BCUT2D eigenvalue weighted by atomic mass is 9.75. The highest BCUT2D eigenvalue weighted by atomic mass is 32.1. The second-order valence-electron chi connectivity index (χ2n) is 6.52. The number of hydrogen-bond acceptors (Lipinski definition) is 5. The number of aliphatic hydroxyl groups is 1. The van der Waals surface area contributed by atoms with E-state index in [1.165, 1.54) is 11.3 Å². The molecule has 1 saturated carbocycles. The van der Waals surface area contributed by atoms with Gasteiger partial charge in [0.1, 0.15) is 0 Å². The van der Waals surface area contributed by atoms with E-state index in [0.717, 1.165) is 11.3 Å². The number of hydrogen-bond donors (Lipinski definition) is 2. The van der Waals surface area contributed by atoms with Crippen LogP contribution in [0.5, 0.6) is 0 Å². The van der Waals surface area contributed by atoms with Gasteiger partial charge in [-0.2, -0.15) is 5.10 Å². The molecule has 1 unspecified atom stereocenters. The van der Waals surface area contributed by atoms with Crippen molar-refractivity contribution in [2.75, 3.05) is 0 Å². The van der Waals surface area contributed by atoms with Crippen molar-refractivity contribution >= 4 is 17.2 Å². The Kier molecular flexibility index (Phi) is 4.50. The van der Waals surface area contributed by atoms with Crippen LogP contribution in [0.3, 0.4) is 0 Å². The third kappa shape index (κ3) is 3.45. The second kappa shape index (κ2) is 6.41. The summed E-state index contributed by atoms with van der Waals surface area (Å²) in [5.41, 5.74) is 1.91. The minimum atomic E-state index is -0.261. The molecule has 2 aromatic heterocycles. The number of aliphatic hydroxyl groups excluding tert-OH is 1. The molecule has 124 valence electrons. The van der Waals surface area contributed by atoms with Crippen LogP contribution in [0.15, 0.2) is 17.8 Å². The molecule has 3 rings (SSSR count). The van der Waals surface area contributed by atoms with Gasteiger partial charge in [-0.05, 0) is 24.7 Å². The van der Waals surface area contributed by atoms with Gasteiger partial charge in [-0.1, -0.05) is 13.8 Å². The molecule has 1 aliphatic rings. The lowest BCUT2D eigenvalue weighted by Crippen LogP contribution is -2.41. The molecule has 2 N–H and O–H groups in total. The van der Waals surface area contributed by atoms with Gasteiger partial charge in [0, 0.05) is 24.2 Å². The number of rotatable bonds is 5. The third-order valence-corrected chi connectivity index (χ3v) is 5.16. The van der Waals surface area contributed by atoms with E-state index in [1.807, 2.05) is 18.6 Å². The Bertz CT molecular complexity index is 688. The van der Waals surface area contributed by atoms with E-state index in [-0.39, 0.29) is 24.0 Å². The van der Waals surface area contributed by atoms with E-state index in [0.29, 0.717) is 23.8 Å². The van der Waals surface area contributed by atoms with Crippen LogP contribution >= 0.6 is 11.3 Å². The quantitative estimate of drug-likeness (QED) is 0.879. The zero-order valence-corrected chi connectivity index (χ0v) is 14.4. The molecule has 1 aliphatic carbocycles. The van der Waals surface area contributed by atoms with Crippen LogP contribution in [-0.4, -0.2) is 31.9 Å². The molecule has 2 heterocycles. The van der Waals surface area contributed by atoms with Gasteiger partial charge in [-0.3, -0.25) is 9.48 Å². The molecule has 0 spiro atoms. The highest BCUT2D eigenvalue weighted by Gasteiger charge is 2.36. The maximum absolute atomic E-state index is 12.5. The fourth-order valence-corrected chi connectivity index (χ4v) is 3.72. The van der Waals surface area contributed by atoms with Crippen LogP contribution < -0.4 is 5.32 Å². The summed E-state index contributed by atoms with van der Waals surface area (Å²) in [4.78, 5) is 17.0. The minimum absolute atomic E-state index is 0.133. The van der Waals surface area contributed by atoms with Crippen LogP contribution in [0, 0.1) is 5.92 Å². The predicted molar refractivity (Wildman–Crippen MR) is 88.3 cm³/mol. The summed E-state index contributed by atoms with van der Waals surface area (Å²) in [5.74, 6) is 0.392. The van der Waals surface area contributed by atoms with Gasteiger partial charge >= 0.3 is 0 Å². The minimum Gasteiger partial charge on any atom is -0.393 e. The van der Waals surface area contributed by atoms with E-state index in [4.69, 9.17) is 0 Å². The van der Waals surface area contributed by atoms with Crippen molar-refractivity contribution in [1.29, 1.82) is 0 Å². The summed E-state index contributed by atoms with van der Waals surface area (Å²) in [6.07, 6.45) is 4.83. The van der Waals surface area contributed by atoms with Gasteiger partial charge < -0.3 is 10.4 Å². The number of carbonyl (C=O) groups is 1. The van der Waals surface area contributed by atoms with Crippen molar-refractivity contribution in [1.82, 2.24) is 20.1 Å². The van der Waals surface area contributed by atoms with Gasteiger partial charge in [-0.15, -0.1) is 11.3 Å². The van der Waals surface area contributed by atoms with Crippen molar-refractivity contribution in [2.24, 2.45) is 13.0 Å². The van der Waals surface area contributed by atoms with E-state index in [9.17, 15) is 9.90 Å². The molecule has 7 heteroatoms. The Hall–Kier alpha value is -1.73. The smallest absolute Gasteiger partial charge is 0.280 e. The third-order valence-electron chi connectivity index (χ3n) is 4.30. The molecule has 0 saturated heterocycles. The van der Waals surface area contributed by atoms with Gasteiger partial charge in [0.15, 0.2) is 5.01 Å². The summed E-state index contributed by atoms with van der Waals surface area (Å²) in [6.45, 7) is 4.12. The monoisotopic (exact) mass is 334 g/mol. The first-order valence-corrected chi connectivity index (χ1v) is 8.75. The van der Waals surface area contributed by atoms with Crippen LogP contribution in [0.25, 0.3) is 0 Å². The van der Waals surface area contributed by atoms with Crippen molar-refractivity contribution in [3.05, 3.63) is 34.0 Å². The molecule has 1 atom stereocenters.